The maximum absolute atomic E-state index is 4.84. The van der Waals surface area contributed by atoms with Crippen LogP contribution in [0.5, 0.6) is 0 Å². The molecule has 0 radical (unpaired) electrons. The van der Waals surface area contributed by atoms with Gasteiger partial charge in [-0.05, 0) is 182 Å². The molecule has 0 aliphatic rings. The Morgan fingerprint density at radius 3 is 0.829 bits per heavy atom. The van der Waals surface area contributed by atoms with Gasteiger partial charge in [0.2, 0.25) is 0 Å². The van der Waals surface area contributed by atoms with Gasteiger partial charge >= 0.3 is 0 Å². The van der Waals surface area contributed by atoms with Crippen molar-refractivity contribution in [2.75, 3.05) is 0 Å². The molecule has 27 aromatic rings. The molecular weight excluding hydrogens is 1570 g/mol. The molecule has 18 nitrogen and oxygen atoms in total. The zero-order chi connectivity index (χ0) is 80.7. The lowest BCUT2D eigenvalue weighted by atomic mass is 10.1. The van der Waals surface area contributed by atoms with Gasteiger partial charge in [-0.15, -0.1) is 0 Å². The van der Waals surface area contributed by atoms with Crippen molar-refractivity contribution in [1.29, 1.82) is 0 Å². The molecule has 0 aliphatic heterocycles. The summed E-state index contributed by atoms with van der Waals surface area (Å²) in [6, 6.07) is 110. The van der Waals surface area contributed by atoms with Crippen LogP contribution in [-0.2, 0) is 0 Å². The zero-order valence-corrected chi connectivity index (χ0v) is 67.4. The van der Waals surface area contributed by atoms with Gasteiger partial charge in [-0.2, -0.15) is 0 Å². The molecule has 12 aromatic carbocycles. The van der Waals surface area contributed by atoms with Gasteiger partial charge in [0.15, 0.2) is 31.4 Å². The van der Waals surface area contributed by atoms with E-state index in [1.807, 2.05) is 42.9 Å². The molecule has 15 heterocycles. The van der Waals surface area contributed by atoms with Crippen molar-refractivity contribution < 1.29 is 0 Å². The third kappa shape index (κ3) is 11.4. The molecule has 0 aliphatic carbocycles. The molecule has 0 atom stereocenters. The molecule has 0 spiro atoms. The van der Waals surface area contributed by atoms with Gasteiger partial charge in [0.1, 0.15) is 15.0 Å². The molecule has 0 saturated carbocycles. The first-order valence-corrected chi connectivity index (χ1v) is 42.6. The van der Waals surface area contributed by atoms with Gasteiger partial charge in [-0.3, -0.25) is 15.0 Å². The quantitative estimate of drug-likeness (QED) is 0.133. The van der Waals surface area contributed by atoms with Gasteiger partial charge in [-0.25, -0.2) is 44.9 Å². The topological polar surface area (TPSA) is 184 Å². The summed E-state index contributed by atoms with van der Waals surface area (Å²) in [5.74, 6) is 0. The van der Waals surface area contributed by atoms with E-state index in [9.17, 15) is 0 Å². The molecule has 0 fully saturated rings. The number of pyridine rings is 3. The van der Waals surface area contributed by atoms with E-state index in [2.05, 4.69) is 352 Å². The first-order chi connectivity index (χ1) is 61.0. The van der Waals surface area contributed by atoms with Crippen molar-refractivity contribution in [3.05, 3.63) is 365 Å². The Kier molecular flexibility index (Phi) is 16.1. The van der Waals surface area contributed by atoms with E-state index in [4.69, 9.17) is 19.9 Å². The first-order valence-electron chi connectivity index (χ1n) is 40.2. The van der Waals surface area contributed by atoms with Crippen LogP contribution < -0.4 is 0 Å². The normalized spacial score (nSPS) is 11.9. The highest BCUT2D eigenvalue weighted by Crippen LogP contribution is 2.45. The first kappa shape index (κ1) is 69.9. The van der Waals surface area contributed by atoms with Crippen LogP contribution in [0.15, 0.2) is 365 Å². The fourth-order valence-electron chi connectivity index (χ4n) is 18.0. The summed E-state index contributed by atoms with van der Waals surface area (Å²) in [6.45, 7) is 0. The molecular formula is C102H60N18S3. The highest BCUT2D eigenvalue weighted by Gasteiger charge is 2.25. The molecule has 15 aromatic heterocycles. The van der Waals surface area contributed by atoms with E-state index in [0.717, 1.165) is 135 Å². The lowest BCUT2D eigenvalue weighted by Crippen LogP contribution is -1.96. The van der Waals surface area contributed by atoms with E-state index < -0.39 is 0 Å². The van der Waals surface area contributed by atoms with Crippen molar-refractivity contribution in [3.8, 4) is 66.0 Å². The molecule has 27 rings (SSSR count). The number of para-hydroxylation sites is 7. The van der Waals surface area contributed by atoms with Crippen LogP contribution in [-0.4, -0.2) is 87.2 Å². The summed E-state index contributed by atoms with van der Waals surface area (Å²) in [7, 11) is 0. The minimum absolute atomic E-state index is 0.652. The average Bonchev–Trinajstić information content (AvgIpc) is 1.57. The fourth-order valence-corrected chi connectivity index (χ4v) is 20.5. The highest BCUT2D eigenvalue weighted by molar-refractivity contribution is 7.22. The SMILES string of the molecule is c1ccc(-n2c3cc4c5ncccc5n(-c5ccc(-c6nc7nccnc7s6)cc5)c4cc3c3ncccc32)cc1.c1ccc(-n2c3ccccc3c3cc4c(cc32)c2ccccc2n4-c2ccc(-c3nc4nccnc4s3)cc2)cc1.c1ccc(-n2c3ccccc3c3cc4c(cc32)c2ccccc2n4-c2ccc(-c3nc4nccnc4s3)nc2)cc1. The van der Waals surface area contributed by atoms with E-state index in [0.29, 0.717) is 16.9 Å². The van der Waals surface area contributed by atoms with Gasteiger partial charge in [0, 0.05) is 143 Å². The second kappa shape index (κ2) is 28.3. The van der Waals surface area contributed by atoms with Crippen LogP contribution >= 0.6 is 34.0 Å². The number of fused-ring (bicyclic) bond motifs is 21. The maximum atomic E-state index is 4.84. The Labute approximate surface area is 709 Å². The Balaban J connectivity index is 0.000000101. The Bertz CT molecular complexity index is 7970. The summed E-state index contributed by atoms with van der Waals surface area (Å²) in [5.41, 5.74) is 27.3. The second-order valence-corrected chi connectivity index (χ2v) is 33.0. The third-order valence-electron chi connectivity index (χ3n) is 23.2. The smallest absolute Gasteiger partial charge is 0.190 e. The van der Waals surface area contributed by atoms with Gasteiger partial charge in [-0.1, -0.05) is 161 Å². The molecule has 0 amide bonds. The number of hydrogen-bond donors (Lipinski definition) is 0. The van der Waals surface area contributed by atoms with Crippen molar-refractivity contribution in [1.82, 2.24) is 87.2 Å². The van der Waals surface area contributed by atoms with Crippen molar-refractivity contribution >= 4 is 197 Å². The number of nitrogens with zero attached hydrogens (tertiary/aromatic N) is 18. The third-order valence-corrected chi connectivity index (χ3v) is 26.2. The minimum Gasteiger partial charge on any atom is -0.309 e. The van der Waals surface area contributed by atoms with E-state index >= 15 is 0 Å². The number of aromatic nitrogens is 18. The van der Waals surface area contributed by atoms with Crippen LogP contribution in [0.25, 0.3) is 228 Å². The number of thiazole rings is 3. The van der Waals surface area contributed by atoms with Gasteiger partial charge in [0.25, 0.3) is 0 Å². The minimum atomic E-state index is 0.652. The average molecular weight is 1630 g/mol. The van der Waals surface area contributed by atoms with Gasteiger partial charge in [0.05, 0.1) is 94.8 Å². The zero-order valence-electron chi connectivity index (χ0n) is 64.9. The molecule has 0 N–H and O–H groups in total. The summed E-state index contributed by atoms with van der Waals surface area (Å²) in [6.07, 6.45) is 15.8. The predicted octanol–water partition coefficient (Wildman–Crippen LogP) is 25.0. The Hall–Kier alpha value is -16.2. The highest BCUT2D eigenvalue weighted by atomic mass is 32.1. The summed E-state index contributed by atoms with van der Waals surface area (Å²) < 4.78 is 14.0. The molecule has 0 saturated heterocycles. The van der Waals surface area contributed by atoms with E-state index in [1.54, 1.807) is 59.9 Å². The van der Waals surface area contributed by atoms with Crippen LogP contribution in [0.4, 0.5) is 0 Å². The molecule has 0 bridgehead atoms. The van der Waals surface area contributed by atoms with Crippen molar-refractivity contribution in [2.45, 2.75) is 0 Å². The van der Waals surface area contributed by atoms with Crippen LogP contribution in [0.1, 0.15) is 0 Å². The number of benzene rings is 12. The molecule has 0 unspecified atom stereocenters. The van der Waals surface area contributed by atoms with Crippen molar-refractivity contribution in [3.63, 3.8) is 0 Å². The lowest BCUT2D eigenvalue weighted by molar-refractivity contribution is 1.14. The molecule has 21 heteroatoms. The number of hydrogen-bond acceptors (Lipinski definition) is 15. The van der Waals surface area contributed by atoms with E-state index in [-0.39, 0.29) is 0 Å². The summed E-state index contributed by atoms with van der Waals surface area (Å²) in [5, 5.41) is 14.7. The van der Waals surface area contributed by atoms with Crippen molar-refractivity contribution in [2.24, 2.45) is 0 Å². The molecule has 123 heavy (non-hydrogen) atoms. The van der Waals surface area contributed by atoms with E-state index in [1.165, 1.54) is 87.5 Å². The summed E-state index contributed by atoms with van der Waals surface area (Å²) in [4.78, 5) is 57.2. The Morgan fingerprint density at radius 2 is 0.472 bits per heavy atom. The molecule has 576 valence electrons. The van der Waals surface area contributed by atoms with Gasteiger partial charge < -0.3 is 27.4 Å². The largest absolute Gasteiger partial charge is 0.309 e. The summed E-state index contributed by atoms with van der Waals surface area (Å²) >= 11 is 4.62. The number of rotatable bonds is 9. The standard InChI is InChI=1S/C35H21N5S.C34H20N6S.C33H19N7S/c1-2-8-23(9-3-1)39-29-12-6-4-10-25(29)27-21-32-28(20-31(27)39)26-11-5-7-13-30(26)40(32)24-16-14-22(15-17-24)34-38-33-35(41-34)37-19-18-36-33;1-2-8-21(9-3-1)39-28-12-6-4-10-23(28)25-19-31-26(18-30(25)39)24-11-5-7-13-29(24)40(31)22-14-15-27(37-20-22)33-38-32-34(41-33)36-17-16-35-32;1-2-6-21(7-3-1)39-25-8-4-14-34-29(25)23-19-28-24(18-27(23)39)30-26(9-5-15-35-30)40(28)22-12-10-20(11-13-22)32-38-31-33(41-32)37-17-16-36-31/h1-21H;1-20H;1-19H. The maximum Gasteiger partial charge on any atom is 0.190 e. The van der Waals surface area contributed by atoms with Crippen LogP contribution in [0, 0.1) is 0 Å². The fraction of sp³-hybridized carbons (Fsp3) is 0. The van der Waals surface area contributed by atoms with Crippen LogP contribution in [0.2, 0.25) is 0 Å². The second-order valence-electron chi connectivity index (χ2n) is 30.1. The van der Waals surface area contributed by atoms with Crippen LogP contribution in [0.3, 0.4) is 0 Å². The monoisotopic (exact) mass is 1630 g/mol. The lowest BCUT2D eigenvalue weighted by Gasteiger charge is -2.09. The predicted molar refractivity (Wildman–Crippen MR) is 501 cm³/mol. The Morgan fingerprint density at radius 1 is 0.187 bits per heavy atom.